The minimum Gasteiger partial charge on any atom is -0.330 e. The summed E-state index contributed by atoms with van der Waals surface area (Å²) in [6.07, 6.45) is 5.26. The lowest BCUT2D eigenvalue weighted by atomic mass is 9.85. The molecule has 1 saturated carbocycles. The zero-order valence-electron chi connectivity index (χ0n) is 9.19. The van der Waals surface area contributed by atoms with E-state index in [1.54, 1.807) is 0 Å². The third-order valence-corrected chi connectivity index (χ3v) is 3.34. The topological polar surface area (TPSA) is 80.9 Å². The molecule has 0 spiro atoms. The number of rotatable bonds is 2. The Balaban J connectivity index is 2.30. The number of nitrogens with zero attached hydrogens (tertiary/aromatic N) is 1. The summed E-state index contributed by atoms with van der Waals surface area (Å²) in [4.78, 5) is 25.8. The van der Waals surface area contributed by atoms with Crippen LogP contribution in [0.1, 0.15) is 31.7 Å². The van der Waals surface area contributed by atoms with Crippen LogP contribution in [0.25, 0.3) is 0 Å². The molecule has 0 amide bonds. The van der Waals surface area contributed by atoms with E-state index in [4.69, 9.17) is 5.73 Å². The predicted molar refractivity (Wildman–Crippen MR) is 61.4 cm³/mol. The van der Waals surface area contributed by atoms with Crippen molar-refractivity contribution in [2.24, 2.45) is 11.7 Å². The van der Waals surface area contributed by atoms with E-state index in [-0.39, 0.29) is 17.3 Å². The highest BCUT2D eigenvalue weighted by Gasteiger charge is 2.24. The minimum absolute atomic E-state index is 0.0137. The van der Waals surface area contributed by atoms with Crippen LogP contribution in [-0.2, 0) is 0 Å². The maximum atomic E-state index is 11.6. The molecule has 1 aliphatic rings. The van der Waals surface area contributed by atoms with Gasteiger partial charge < -0.3 is 10.7 Å². The van der Waals surface area contributed by atoms with E-state index in [0.717, 1.165) is 25.7 Å². The molecule has 0 aliphatic heterocycles. The molecule has 1 aromatic rings. The summed E-state index contributed by atoms with van der Waals surface area (Å²) >= 11 is 0. The van der Waals surface area contributed by atoms with Gasteiger partial charge in [0.1, 0.15) is 0 Å². The Labute approximate surface area is 93.3 Å². The molecule has 88 valence electrons. The van der Waals surface area contributed by atoms with Crippen LogP contribution in [0.15, 0.2) is 21.9 Å². The van der Waals surface area contributed by atoms with Gasteiger partial charge >= 0.3 is 5.69 Å². The first-order chi connectivity index (χ1) is 7.72. The zero-order valence-corrected chi connectivity index (χ0v) is 9.19. The van der Waals surface area contributed by atoms with E-state index < -0.39 is 0 Å². The van der Waals surface area contributed by atoms with Crippen LogP contribution >= 0.6 is 0 Å². The molecule has 3 N–H and O–H groups in total. The van der Waals surface area contributed by atoms with Crippen molar-refractivity contribution in [3.05, 3.63) is 33.1 Å². The van der Waals surface area contributed by atoms with Crippen LogP contribution in [-0.4, -0.2) is 16.1 Å². The number of H-pyrrole nitrogens is 1. The fourth-order valence-corrected chi connectivity index (χ4v) is 2.49. The lowest BCUT2D eigenvalue weighted by molar-refractivity contribution is 0.262. The molecule has 2 atom stereocenters. The fourth-order valence-electron chi connectivity index (χ4n) is 2.49. The molecule has 16 heavy (non-hydrogen) atoms. The first-order valence-electron chi connectivity index (χ1n) is 5.72. The van der Waals surface area contributed by atoms with Gasteiger partial charge in [0.25, 0.3) is 5.56 Å². The van der Waals surface area contributed by atoms with E-state index in [1.807, 2.05) is 0 Å². The SMILES string of the molecule is NCC1CCCC(n2c(=O)cc[nH]c2=O)C1. The molecule has 0 saturated heterocycles. The molecule has 5 nitrogen and oxygen atoms in total. The van der Waals surface area contributed by atoms with Crippen LogP contribution in [0.4, 0.5) is 0 Å². The standard InChI is InChI=1S/C11H17N3O2/c12-7-8-2-1-3-9(6-8)14-10(15)4-5-13-11(14)16/h4-5,8-9H,1-3,6-7,12H2,(H,13,16). The molecule has 5 heteroatoms. The average Bonchev–Trinajstić information content (AvgIpc) is 2.29. The Morgan fingerprint density at radius 1 is 1.44 bits per heavy atom. The first kappa shape index (κ1) is 11.1. The second kappa shape index (κ2) is 4.65. The van der Waals surface area contributed by atoms with Crippen LogP contribution in [0, 0.1) is 5.92 Å². The summed E-state index contributed by atoms with van der Waals surface area (Å²) in [5.74, 6) is 0.435. The highest BCUT2D eigenvalue weighted by atomic mass is 16.2. The predicted octanol–water partition coefficient (Wildman–Crippen LogP) is 0.227. The molecule has 2 unspecified atom stereocenters. The van der Waals surface area contributed by atoms with Gasteiger partial charge in [0.2, 0.25) is 0 Å². The van der Waals surface area contributed by atoms with Crippen molar-refractivity contribution >= 4 is 0 Å². The Kier molecular flexibility index (Phi) is 3.24. The number of nitrogens with two attached hydrogens (primary N) is 1. The Morgan fingerprint density at radius 2 is 2.25 bits per heavy atom. The maximum absolute atomic E-state index is 11.6. The summed E-state index contributed by atoms with van der Waals surface area (Å²) in [6.45, 7) is 0.635. The third kappa shape index (κ3) is 2.09. The van der Waals surface area contributed by atoms with Crippen molar-refractivity contribution in [3.63, 3.8) is 0 Å². The average molecular weight is 223 g/mol. The molecule has 0 radical (unpaired) electrons. The van der Waals surface area contributed by atoms with Gasteiger partial charge in [0.15, 0.2) is 0 Å². The number of aromatic nitrogens is 2. The first-order valence-corrected chi connectivity index (χ1v) is 5.72. The van der Waals surface area contributed by atoms with E-state index in [0.29, 0.717) is 12.5 Å². The maximum Gasteiger partial charge on any atom is 0.328 e. The molecule has 0 bridgehead atoms. The highest BCUT2D eigenvalue weighted by Crippen LogP contribution is 2.30. The molecule has 1 heterocycles. The number of hydrogen-bond acceptors (Lipinski definition) is 3. The number of nitrogens with one attached hydrogen (secondary N) is 1. The second-order valence-corrected chi connectivity index (χ2v) is 4.41. The largest absolute Gasteiger partial charge is 0.330 e. The molecular weight excluding hydrogens is 206 g/mol. The van der Waals surface area contributed by atoms with Gasteiger partial charge in [-0.2, -0.15) is 0 Å². The number of aromatic amines is 1. The number of hydrogen-bond donors (Lipinski definition) is 2. The zero-order chi connectivity index (χ0) is 11.5. The summed E-state index contributed by atoms with van der Waals surface area (Å²) in [5, 5.41) is 0. The van der Waals surface area contributed by atoms with Gasteiger partial charge in [-0.15, -0.1) is 0 Å². The van der Waals surface area contributed by atoms with Gasteiger partial charge in [0.05, 0.1) is 0 Å². The molecule has 2 rings (SSSR count). The van der Waals surface area contributed by atoms with Crippen molar-refractivity contribution in [1.29, 1.82) is 0 Å². The van der Waals surface area contributed by atoms with Gasteiger partial charge in [-0.3, -0.25) is 9.36 Å². The normalized spacial score (nSPS) is 25.6. The third-order valence-electron chi connectivity index (χ3n) is 3.34. The molecule has 1 fully saturated rings. The fraction of sp³-hybridized carbons (Fsp3) is 0.636. The van der Waals surface area contributed by atoms with Gasteiger partial charge in [-0.05, 0) is 31.7 Å². The quantitative estimate of drug-likeness (QED) is 0.753. The van der Waals surface area contributed by atoms with Gasteiger partial charge in [-0.1, -0.05) is 6.42 Å². The van der Waals surface area contributed by atoms with Gasteiger partial charge in [0, 0.05) is 18.3 Å². The summed E-state index contributed by atoms with van der Waals surface area (Å²) in [5.41, 5.74) is 5.12. The van der Waals surface area contributed by atoms with Crippen molar-refractivity contribution in [2.45, 2.75) is 31.7 Å². The second-order valence-electron chi connectivity index (χ2n) is 4.41. The molecular formula is C11H17N3O2. The molecule has 0 aromatic carbocycles. The summed E-state index contributed by atoms with van der Waals surface area (Å²) in [7, 11) is 0. The van der Waals surface area contributed by atoms with Crippen molar-refractivity contribution in [3.8, 4) is 0 Å². The van der Waals surface area contributed by atoms with Crippen LogP contribution < -0.4 is 17.0 Å². The van der Waals surface area contributed by atoms with E-state index in [2.05, 4.69) is 4.98 Å². The van der Waals surface area contributed by atoms with Crippen molar-refractivity contribution in [1.82, 2.24) is 9.55 Å². The van der Waals surface area contributed by atoms with Crippen molar-refractivity contribution < 1.29 is 0 Å². The minimum atomic E-state index is -0.310. The van der Waals surface area contributed by atoms with Gasteiger partial charge in [-0.25, -0.2) is 4.79 Å². The van der Waals surface area contributed by atoms with Crippen molar-refractivity contribution in [2.75, 3.05) is 6.54 Å². The molecule has 1 aromatic heterocycles. The lowest BCUT2D eigenvalue weighted by Gasteiger charge is -2.28. The van der Waals surface area contributed by atoms with Crippen LogP contribution in [0.2, 0.25) is 0 Å². The monoisotopic (exact) mass is 223 g/mol. The highest BCUT2D eigenvalue weighted by molar-refractivity contribution is 4.88. The van der Waals surface area contributed by atoms with Crippen LogP contribution in [0.3, 0.4) is 0 Å². The summed E-state index contributed by atoms with van der Waals surface area (Å²) < 4.78 is 1.34. The van der Waals surface area contributed by atoms with E-state index >= 15 is 0 Å². The Bertz CT molecular complexity index is 435. The Morgan fingerprint density at radius 3 is 2.94 bits per heavy atom. The van der Waals surface area contributed by atoms with Crippen LogP contribution in [0.5, 0.6) is 0 Å². The summed E-state index contributed by atoms with van der Waals surface area (Å²) in [6, 6.07) is 1.41. The van der Waals surface area contributed by atoms with E-state index in [9.17, 15) is 9.59 Å². The molecule has 1 aliphatic carbocycles. The Hall–Kier alpha value is -1.36. The lowest BCUT2D eigenvalue weighted by Crippen LogP contribution is -2.39. The smallest absolute Gasteiger partial charge is 0.328 e. The van der Waals surface area contributed by atoms with E-state index in [1.165, 1.54) is 16.8 Å².